The highest BCUT2D eigenvalue weighted by atomic mass is 16.8. The van der Waals surface area contributed by atoms with Gasteiger partial charge in [-0.25, -0.2) is 0 Å². The van der Waals surface area contributed by atoms with Crippen molar-refractivity contribution in [2.24, 2.45) is 0 Å². The van der Waals surface area contributed by atoms with E-state index < -0.39 is 124 Å². The van der Waals surface area contributed by atoms with Crippen molar-refractivity contribution in [1.82, 2.24) is 5.32 Å². The fourth-order valence-electron chi connectivity index (χ4n) is 13.5. The van der Waals surface area contributed by atoms with Crippen molar-refractivity contribution in [3.63, 3.8) is 0 Å². The molecule has 12 N–H and O–H groups in total. The SMILES string of the molecule is CCCCCCCCCCCC/C=C/C(O)C(COC1OC(CO)C(OC2OC(CO)C(OC3OC(CO)C(O)C(O)C3O)C(O)C2O)C(O)C1O)NC(=O)CCCCCCCCCCCCCCCCCCCCCCCCCCCCCCCCCCCCCCC. The van der Waals surface area contributed by atoms with E-state index in [0.29, 0.717) is 6.42 Å². The number of nitrogens with one attached hydrogen (secondary N) is 1. The summed E-state index contributed by atoms with van der Waals surface area (Å²) in [6, 6.07) is -0.968. The van der Waals surface area contributed by atoms with Crippen LogP contribution >= 0.6 is 0 Å². The van der Waals surface area contributed by atoms with Crippen LogP contribution in [-0.4, -0.2) is 193 Å². The number of rotatable bonds is 62. The first-order valence-electron chi connectivity index (χ1n) is 38.9. The Labute approximate surface area is 569 Å². The number of hydrogen-bond acceptors (Lipinski definition) is 18. The molecule has 0 bridgehead atoms. The normalized spacial score (nSPS) is 27.4. The number of aliphatic hydroxyl groups is 11. The Kier molecular flexibility index (Phi) is 52.8. The molecule has 19 heteroatoms. The summed E-state index contributed by atoms with van der Waals surface area (Å²) < 4.78 is 34.3. The lowest BCUT2D eigenvalue weighted by atomic mass is 9.96. The molecule has 1 amide bonds. The standard InChI is InChI=1S/C75H143NO18/c1-3-5-7-9-11-13-15-17-18-19-20-21-22-23-24-25-26-27-28-29-30-31-32-33-34-35-36-37-38-39-40-41-43-45-47-49-51-53-63(81)76-58(59(80)52-50-48-46-44-42-16-14-12-10-8-6-4-2)57-89-73-69(87)66(84)71(61(55-78)91-73)94-75-70(88)67(85)72(62(56-79)92-75)93-74-68(86)65(83)64(82)60(54-77)90-74/h50,52,58-62,64-75,77-80,82-88H,3-49,51,53-57H2,1-2H3,(H,76,81)/b52-50+. The predicted molar refractivity (Wildman–Crippen MR) is 370 cm³/mol. The zero-order valence-electron chi connectivity index (χ0n) is 59.2. The number of carbonyl (C=O) groups excluding carboxylic acids is 1. The summed E-state index contributed by atoms with van der Waals surface area (Å²) in [5, 5.41) is 120. The zero-order chi connectivity index (χ0) is 68.2. The molecule has 0 radical (unpaired) electrons. The zero-order valence-corrected chi connectivity index (χ0v) is 59.2. The van der Waals surface area contributed by atoms with Crippen molar-refractivity contribution in [2.45, 2.75) is 433 Å². The first kappa shape index (κ1) is 86.8. The summed E-state index contributed by atoms with van der Waals surface area (Å²) in [5.41, 5.74) is 0. The average molecular weight is 1350 g/mol. The van der Waals surface area contributed by atoms with Gasteiger partial charge >= 0.3 is 0 Å². The molecule has 3 aliphatic heterocycles. The molecule has 17 unspecified atom stereocenters. The molecule has 94 heavy (non-hydrogen) atoms. The third-order valence-electron chi connectivity index (χ3n) is 19.8. The monoisotopic (exact) mass is 1350 g/mol. The third kappa shape index (κ3) is 37.8. The van der Waals surface area contributed by atoms with Crippen LogP contribution < -0.4 is 5.32 Å². The van der Waals surface area contributed by atoms with Gasteiger partial charge in [-0.15, -0.1) is 0 Å². The summed E-state index contributed by atoms with van der Waals surface area (Å²) in [5.74, 6) is -0.269. The van der Waals surface area contributed by atoms with Gasteiger partial charge in [0.25, 0.3) is 0 Å². The Balaban J connectivity index is 1.28. The lowest BCUT2D eigenvalue weighted by molar-refractivity contribution is -0.379. The Morgan fingerprint density at radius 2 is 0.660 bits per heavy atom. The molecule has 3 heterocycles. The minimum absolute atomic E-state index is 0.250. The topological polar surface area (TPSA) is 307 Å². The second-order valence-electron chi connectivity index (χ2n) is 28.2. The molecular formula is C75H143NO18. The molecule has 556 valence electrons. The van der Waals surface area contributed by atoms with Gasteiger partial charge in [0.05, 0.1) is 38.6 Å². The number of aliphatic hydroxyl groups excluding tert-OH is 11. The number of hydrogen-bond donors (Lipinski definition) is 12. The summed E-state index contributed by atoms with van der Waals surface area (Å²) in [7, 11) is 0. The van der Waals surface area contributed by atoms with Crippen molar-refractivity contribution in [3.8, 4) is 0 Å². The van der Waals surface area contributed by atoms with Crippen molar-refractivity contribution in [2.75, 3.05) is 26.4 Å². The molecule has 3 rings (SSSR count). The van der Waals surface area contributed by atoms with E-state index >= 15 is 0 Å². The Bertz CT molecular complexity index is 1750. The molecule has 0 aromatic heterocycles. The second kappa shape index (κ2) is 57.2. The average Bonchev–Trinajstić information content (AvgIpc) is 0.787. The Morgan fingerprint density at radius 1 is 0.372 bits per heavy atom. The highest BCUT2D eigenvalue weighted by molar-refractivity contribution is 5.76. The highest BCUT2D eigenvalue weighted by Gasteiger charge is 2.53. The Hall–Kier alpha value is -1.47. The van der Waals surface area contributed by atoms with Gasteiger partial charge < -0.3 is 89.9 Å². The molecule has 0 aromatic carbocycles. The summed E-state index contributed by atoms with van der Waals surface area (Å²) in [6.07, 6.45) is 39.6. The predicted octanol–water partition coefficient (Wildman–Crippen LogP) is 12.0. The lowest BCUT2D eigenvalue weighted by Gasteiger charge is -2.48. The first-order valence-corrected chi connectivity index (χ1v) is 38.9. The minimum Gasteiger partial charge on any atom is -0.394 e. The maximum absolute atomic E-state index is 13.4. The van der Waals surface area contributed by atoms with Gasteiger partial charge in [0.15, 0.2) is 18.9 Å². The van der Waals surface area contributed by atoms with Crippen LogP contribution in [0, 0.1) is 0 Å². The van der Waals surface area contributed by atoms with Crippen molar-refractivity contribution in [1.29, 1.82) is 0 Å². The highest BCUT2D eigenvalue weighted by Crippen LogP contribution is 2.33. The second-order valence-corrected chi connectivity index (χ2v) is 28.2. The number of amides is 1. The van der Waals surface area contributed by atoms with Gasteiger partial charge in [-0.2, -0.15) is 0 Å². The molecule has 3 saturated heterocycles. The van der Waals surface area contributed by atoms with Gasteiger partial charge in [-0.3, -0.25) is 4.79 Å². The number of unbranched alkanes of at least 4 members (excludes halogenated alkanes) is 46. The quantitative estimate of drug-likeness (QED) is 0.0199. The molecule has 17 atom stereocenters. The molecule has 19 nitrogen and oxygen atoms in total. The van der Waals surface area contributed by atoms with Gasteiger partial charge in [0.1, 0.15) is 73.2 Å². The molecule has 0 aromatic rings. The van der Waals surface area contributed by atoms with Gasteiger partial charge in [0.2, 0.25) is 5.91 Å². The summed E-state index contributed by atoms with van der Waals surface area (Å²) in [6.45, 7) is 1.76. The van der Waals surface area contributed by atoms with E-state index in [1.54, 1.807) is 6.08 Å². The first-order chi connectivity index (χ1) is 45.8. The van der Waals surface area contributed by atoms with Gasteiger partial charge in [-0.05, 0) is 19.3 Å². The third-order valence-corrected chi connectivity index (χ3v) is 19.8. The fourth-order valence-corrected chi connectivity index (χ4v) is 13.5. The minimum atomic E-state index is -1.98. The van der Waals surface area contributed by atoms with E-state index in [0.717, 1.165) is 44.9 Å². The lowest BCUT2D eigenvalue weighted by Crippen LogP contribution is -2.66. The van der Waals surface area contributed by atoms with E-state index in [4.69, 9.17) is 28.4 Å². The van der Waals surface area contributed by atoms with E-state index in [1.165, 1.54) is 257 Å². The summed E-state index contributed by atoms with van der Waals surface area (Å²) in [4.78, 5) is 13.4. The van der Waals surface area contributed by atoms with Crippen LogP contribution in [0.4, 0.5) is 0 Å². The Morgan fingerprint density at radius 3 is 1.00 bits per heavy atom. The van der Waals surface area contributed by atoms with Crippen molar-refractivity contribution >= 4 is 5.91 Å². The smallest absolute Gasteiger partial charge is 0.220 e. The number of ether oxygens (including phenoxy) is 6. The maximum atomic E-state index is 13.4. The summed E-state index contributed by atoms with van der Waals surface area (Å²) >= 11 is 0. The molecule has 3 aliphatic rings. The van der Waals surface area contributed by atoms with Gasteiger partial charge in [0, 0.05) is 6.42 Å². The van der Waals surface area contributed by atoms with Crippen LogP contribution in [0.2, 0.25) is 0 Å². The van der Waals surface area contributed by atoms with E-state index in [9.17, 15) is 61.0 Å². The van der Waals surface area contributed by atoms with E-state index in [1.807, 2.05) is 6.08 Å². The van der Waals surface area contributed by atoms with Gasteiger partial charge in [-0.1, -0.05) is 315 Å². The maximum Gasteiger partial charge on any atom is 0.220 e. The van der Waals surface area contributed by atoms with Crippen LogP contribution in [0.1, 0.15) is 328 Å². The molecular weight excluding hydrogens is 1200 g/mol. The van der Waals surface area contributed by atoms with E-state index in [-0.39, 0.29) is 18.9 Å². The fraction of sp³-hybridized carbons (Fsp3) is 0.960. The number of allylic oxidation sites excluding steroid dienone is 1. The van der Waals surface area contributed by atoms with Crippen molar-refractivity contribution in [3.05, 3.63) is 12.2 Å². The largest absolute Gasteiger partial charge is 0.394 e. The van der Waals surface area contributed by atoms with Crippen molar-refractivity contribution < 1.29 is 89.4 Å². The molecule has 0 saturated carbocycles. The molecule has 0 aliphatic carbocycles. The van der Waals surface area contributed by atoms with Crippen LogP contribution in [0.25, 0.3) is 0 Å². The van der Waals surface area contributed by atoms with Crippen LogP contribution in [0.15, 0.2) is 12.2 Å². The van der Waals surface area contributed by atoms with Crippen LogP contribution in [-0.2, 0) is 33.2 Å². The number of carbonyl (C=O) groups is 1. The van der Waals surface area contributed by atoms with Crippen LogP contribution in [0.3, 0.4) is 0 Å². The molecule has 0 spiro atoms. The van der Waals surface area contributed by atoms with Crippen LogP contribution in [0.5, 0.6) is 0 Å². The molecule has 3 fully saturated rings. The van der Waals surface area contributed by atoms with E-state index in [2.05, 4.69) is 19.2 Å².